The molecule has 2 amide bonds. The van der Waals surface area contributed by atoms with Gasteiger partial charge in [-0.2, -0.15) is 0 Å². The maximum atomic E-state index is 15.0. The minimum absolute atomic E-state index is 0.0146. The Balaban J connectivity index is 1.37. The van der Waals surface area contributed by atoms with E-state index in [2.05, 4.69) is 10.6 Å². The number of hydrogen-bond donors (Lipinski definition) is 3. The van der Waals surface area contributed by atoms with Crippen LogP contribution >= 0.6 is 11.8 Å². The molecule has 3 atom stereocenters. The first-order valence-corrected chi connectivity index (χ1v) is 20.2. The Labute approximate surface area is 344 Å². The first-order chi connectivity index (χ1) is 27.9. The molecule has 0 fully saturated rings. The maximum Gasteiger partial charge on any atom is 0.326 e. The number of fused-ring (bicyclic) bond motifs is 1. The van der Waals surface area contributed by atoms with Gasteiger partial charge in [0.15, 0.2) is 0 Å². The van der Waals surface area contributed by atoms with Crippen molar-refractivity contribution in [1.29, 1.82) is 0 Å². The summed E-state index contributed by atoms with van der Waals surface area (Å²) >= 11 is 1.45. The zero-order chi connectivity index (χ0) is 41.1. The van der Waals surface area contributed by atoms with Crippen molar-refractivity contribution in [1.82, 2.24) is 10.6 Å². The zero-order valence-corrected chi connectivity index (χ0v) is 33.7. The second-order valence-electron chi connectivity index (χ2n) is 15.2. The molecule has 0 radical (unpaired) electrons. The van der Waals surface area contributed by atoms with Gasteiger partial charge < -0.3 is 20.5 Å². The fourth-order valence-corrected chi connectivity index (χ4v) is 8.74. The number of ether oxygens (including phenoxy) is 1. The normalized spacial score (nSPS) is 13.2. The second kappa shape index (κ2) is 18.8. The van der Waals surface area contributed by atoms with Gasteiger partial charge in [-0.15, -0.1) is 11.8 Å². The van der Waals surface area contributed by atoms with Crippen molar-refractivity contribution in [2.24, 2.45) is 0 Å². The summed E-state index contributed by atoms with van der Waals surface area (Å²) in [5, 5.41) is 17.0. The number of nitrogens with one attached hydrogen (secondary N) is 2. The van der Waals surface area contributed by atoms with Gasteiger partial charge in [0, 0.05) is 6.42 Å². The molecular weight excluding hydrogens is 745 g/mol. The molecular formula is C49H48N2O6S. The third-order valence-corrected chi connectivity index (χ3v) is 11.4. The van der Waals surface area contributed by atoms with Crippen LogP contribution in [0.2, 0.25) is 0 Å². The highest BCUT2D eigenvalue weighted by Crippen LogP contribution is 2.50. The van der Waals surface area contributed by atoms with E-state index in [0.29, 0.717) is 5.56 Å². The van der Waals surface area contributed by atoms with Crippen LogP contribution in [0.25, 0.3) is 10.8 Å². The number of aliphatic carboxylic acids is 1. The average molecular weight is 793 g/mol. The van der Waals surface area contributed by atoms with Crippen molar-refractivity contribution in [3.63, 3.8) is 0 Å². The number of carbonyl (C=O) groups is 4. The predicted molar refractivity (Wildman–Crippen MR) is 230 cm³/mol. The molecule has 3 unspecified atom stereocenters. The number of thioether (sulfide) groups is 1. The number of benzene rings is 6. The lowest BCUT2D eigenvalue weighted by atomic mass is 9.84. The SMILES string of the molecule is CC(C)(C)OC(=O)CC(NC(=O)C(Cc1ccccc1)SC(c1ccccc1)(c1ccccc1)c1ccccc1)C(=O)NC(Cc1ccc2ccccc2c1)C(=O)O. The molecule has 8 nitrogen and oxygen atoms in total. The number of rotatable bonds is 16. The van der Waals surface area contributed by atoms with Gasteiger partial charge in [-0.3, -0.25) is 14.4 Å². The van der Waals surface area contributed by atoms with Crippen LogP contribution in [-0.2, 0) is 41.5 Å². The van der Waals surface area contributed by atoms with E-state index in [1.165, 1.54) is 11.8 Å². The van der Waals surface area contributed by atoms with Crippen LogP contribution in [0.15, 0.2) is 164 Å². The van der Waals surface area contributed by atoms with Crippen LogP contribution in [0, 0.1) is 0 Å². The quantitative estimate of drug-likeness (QED) is 0.0664. The molecule has 0 spiro atoms. The molecule has 0 heterocycles. The Morgan fingerprint density at radius 1 is 0.569 bits per heavy atom. The molecule has 0 aromatic heterocycles. The molecule has 6 aromatic rings. The molecule has 0 aliphatic rings. The van der Waals surface area contributed by atoms with Crippen molar-refractivity contribution in [2.45, 2.75) is 67.7 Å². The lowest BCUT2D eigenvalue weighted by Crippen LogP contribution is -2.54. The highest BCUT2D eigenvalue weighted by molar-refractivity contribution is 8.02. The maximum absolute atomic E-state index is 15.0. The van der Waals surface area contributed by atoms with Gasteiger partial charge in [0.05, 0.1) is 16.4 Å². The second-order valence-corrected chi connectivity index (χ2v) is 16.6. The minimum Gasteiger partial charge on any atom is -0.480 e. The first-order valence-electron chi connectivity index (χ1n) is 19.3. The van der Waals surface area contributed by atoms with E-state index < -0.39 is 57.9 Å². The summed E-state index contributed by atoms with van der Waals surface area (Å²) in [6.07, 6.45) is -0.244. The Kier molecular flexibility index (Phi) is 13.5. The van der Waals surface area contributed by atoms with E-state index in [1.807, 2.05) is 164 Å². The summed E-state index contributed by atoms with van der Waals surface area (Å²) in [5.41, 5.74) is 3.58. The van der Waals surface area contributed by atoms with Gasteiger partial charge in [-0.25, -0.2) is 4.79 Å². The van der Waals surface area contributed by atoms with E-state index in [1.54, 1.807) is 20.8 Å². The third kappa shape index (κ3) is 10.6. The number of carboxylic acid groups (broad SMARTS) is 1. The summed E-state index contributed by atoms with van der Waals surface area (Å²) < 4.78 is 4.72. The molecule has 6 rings (SSSR count). The third-order valence-electron chi connectivity index (χ3n) is 9.71. The summed E-state index contributed by atoms with van der Waals surface area (Å²) in [7, 11) is 0. The molecule has 0 saturated carbocycles. The van der Waals surface area contributed by atoms with E-state index in [-0.39, 0.29) is 12.8 Å². The van der Waals surface area contributed by atoms with E-state index in [9.17, 15) is 24.3 Å². The summed E-state index contributed by atoms with van der Waals surface area (Å²) in [6, 6.07) is 50.2. The lowest BCUT2D eigenvalue weighted by Gasteiger charge is -2.38. The van der Waals surface area contributed by atoms with E-state index in [0.717, 1.165) is 33.0 Å². The average Bonchev–Trinajstić information content (AvgIpc) is 3.22. The van der Waals surface area contributed by atoms with Gasteiger partial charge in [-0.05, 0) is 65.8 Å². The lowest BCUT2D eigenvalue weighted by molar-refractivity contribution is -0.156. The molecule has 0 aliphatic heterocycles. The predicted octanol–water partition coefficient (Wildman–Crippen LogP) is 8.50. The summed E-state index contributed by atoms with van der Waals surface area (Å²) in [4.78, 5) is 55.2. The Morgan fingerprint density at radius 3 is 1.57 bits per heavy atom. The topological polar surface area (TPSA) is 122 Å². The van der Waals surface area contributed by atoms with Gasteiger partial charge in [0.2, 0.25) is 11.8 Å². The number of carbonyl (C=O) groups excluding carboxylic acids is 3. The molecule has 0 aliphatic carbocycles. The van der Waals surface area contributed by atoms with Crippen LogP contribution in [0.1, 0.15) is 55.0 Å². The van der Waals surface area contributed by atoms with Gasteiger partial charge >= 0.3 is 11.9 Å². The van der Waals surface area contributed by atoms with Gasteiger partial charge in [0.25, 0.3) is 0 Å². The highest BCUT2D eigenvalue weighted by atomic mass is 32.2. The summed E-state index contributed by atoms with van der Waals surface area (Å²) in [6.45, 7) is 5.14. The van der Waals surface area contributed by atoms with Crippen LogP contribution in [0.3, 0.4) is 0 Å². The van der Waals surface area contributed by atoms with Crippen molar-refractivity contribution in [3.8, 4) is 0 Å². The summed E-state index contributed by atoms with van der Waals surface area (Å²) in [5.74, 6) is -3.27. The number of esters is 1. The minimum atomic E-state index is -1.45. The van der Waals surface area contributed by atoms with Gasteiger partial charge in [-0.1, -0.05) is 164 Å². The van der Waals surface area contributed by atoms with Gasteiger partial charge in [0.1, 0.15) is 17.7 Å². The van der Waals surface area contributed by atoms with Crippen molar-refractivity contribution < 1.29 is 29.0 Å². The number of hydrogen-bond acceptors (Lipinski definition) is 6. The number of carboxylic acids is 1. The molecule has 3 N–H and O–H groups in total. The standard InChI is InChI=1S/C49H48N2O6S/c1-48(2,3)57-44(52)33-41(45(53)51-42(47(55)56)31-35-28-29-36-20-16-17-21-37(36)30-35)50-46(54)43(32-34-18-8-4-9-19-34)58-49(38-22-10-5-11-23-38,39-24-12-6-13-25-39)40-26-14-7-15-27-40/h4-30,41-43H,31-33H2,1-3H3,(H,50,54)(H,51,53)(H,55,56). The van der Waals surface area contributed by atoms with Crippen molar-refractivity contribution in [3.05, 3.63) is 192 Å². The van der Waals surface area contributed by atoms with Crippen LogP contribution in [0.4, 0.5) is 0 Å². The van der Waals surface area contributed by atoms with Crippen LogP contribution in [0.5, 0.6) is 0 Å². The van der Waals surface area contributed by atoms with E-state index in [4.69, 9.17) is 4.74 Å². The van der Waals surface area contributed by atoms with E-state index >= 15 is 0 Å². The van der Waals surface area contributed by atoms with Crippen LogP contribution < -0.4 is 10.6 Å². The van der Waals surface area contributed by atoms with Crippen molar-refractivity contribution >= 4 is 46.3 Å². The molecule has 0 bridgehead atoms. The Hall–Kier alpha value is -6.19. The largest absolute Gasteiger partial charge is 0.480 e. The smallest absolute Gasteiger partial charge is 0.326 e. The first kappa shape index (κ1) is 41.4. The molecule has 58 heavy (non-hydrogen) atoms. The highest BCUT2D eigenvalue weighted by Gasteiger charge is 2.42. The van der Waals surface area contributed by atoms with Crippen LogP contribution in [-0.4, -0.2) is 51.8 Å². The Morgan fingerprint density at radius 2 is 1.05 bits per heavy atom. The molecule has 0 saturated heterocycles. The zero-order valence-electron chi connectivity index (χ0n) is 32.8. The molecule has 6 aromatic carbocycles. The number of amides is 2. The Bertz CT molecular complexity index is 2220. The fraction of sp³-hybridized carbons (Fsp3) is 0.224. The van der Waals surface area contributed by atoms with Crippen molar-refractivity contribution in [2.75, 3.05) is 0 Å². The monoisotopic (exact) mass is 792 g/mol. The molecule has 9 heteroatoms. The fourth-order valence-electron chi connectivity index (χ4n) is 7.05. The molecule has 296 valence electrons.